The summed E-state index contributed by atoms with van der Waals surface area (Å²) in [6.07, 6.45) is -3.21. The van der Waals surface area contributed by atoms with Crippen molar-refractivity contribution in [3.63, 3.8) is 0 Å². The minimum absolute atomic E-state index is 0.0389. The molecule has 0 aliphatic heterocycles. The summed E-state index contributed by atoms with van der Waals surface area (Å²) in [5.41, 5.74) is 2.50. The zero-order valence-corrected chi connectivity index (χ0v) is 14.8. The number of carbonyl (C=O) groups is 1. The Labute approximate surface area is 151 Å². The molecule has 0 saturated carbocycles. The van der Waals surface area contributed by atoms with Gasteiger partial charge in [0, 0.05) is 10.9 Å². The Morgan fingerprint density at radius 1 is 1.42 bits per heavy atom. The number of esters is 1. The van der Waals surface area contributed by atoms with E-state index in [-0.39, 0.29) is 30.3 Å². The molecule has 10 heteroatoms. The average molecular weight is 387 g/mol. The lowest BCUT2D eigenvalue weighted by atomic mass is 10.1. The molecule has 0 aliphatic rings. The van der Waals surface area contributed by atoms with Gasteiger partial charge in [-0.1, -0.05) is 0 Å². The maximum Gasteiger partial charge on any atom is 0.416 e. The van der Waals surface area contributed by atoms with Crippen molar-refractivity contribution in [2.24, 2.45) is 5.10 Å². The summed E-state index contributed by atoms with van der Waals surface area (Å²) in [6.45, 7) is 2.00. The van der Waals surface area contributed by atoms with Gasteiger partial charge in [-0.15, -0.1) is 11.3 Å². The summed E-state index contributed by atoms with van der Waals surface area (Å²) in [4.78, 5) is 15.5. The van der Waals surface area contributed by atoms with E-state index >= 15 is 0 Å². The topological polar surface area (TPSA) is 72.8 Å². The molecular weight excluding hydrogens is 371 g/mol. The normalized spacial score (nSPS) is 11.6. The van der Waals surface area contributed by atoms with Gasteiger partial charge in [-0.3, -0.25) is 10.2 Å². The molecule has 0 bridgehead atoms. The van der Waals surface area contributed by atoms with Crippen LogP contribution in [0.25, 0.3) is 0 Å². The summed E-state index contributed by atoms with van der Waals surface area (Å²) in [7, 11) is 1.36. The number of nitrogens with zero attached hydrogens (tertiary/aromatic N) is 2. The third-order valence-corrected chi connectivity index (χ3v) is 3.90. The Balaban J connectivity index is 2.06. The fraction of sp³-hybridized carbons (Fsp3) is 0.312. The Hall–Kier alpha value is -2.62. The first kappa shape index (κ1) is 19.7. The van der Waals surface area contributed by atoms with Crippen molar-refractivity contribution in [3.8, 4) is 5.75 Å². The van der Waals surface area contributed by atoms with Gasteiger partial charge in [0.05, 0.1) is 37.6 Å². The average Bonchev–Trinajstić information content (AvgIpc) is 3.01. The van der Waals surface area contributed by atoms with Crippen LogP contribution in [0, 0.1) is 0 Å². The molecule has 2 aromatic rings. The molecule has 6 nitrogen and oxygen atoms in total. The monoisotopic (exact) mass is 387 g/mol. The van der Waals surface area contributed by atoms with E-state index in [0.29, 0.717) is 10.8 Å². The lowest BCUT2D eigenvalue weighted by molar-refractivity contribution is -0.142. The molecule has 0 atom stereocenters. The number of benzene rings is 1. The number of rotatable bonds is 7. The van der Waals surface area contributed by atoms with Crippen LogP contribution in [0.4, 0.5) is 18.3 Å². The fourth-order valence-corrected chi connectivity index (χ4v) is 2.63. The molecule has 1 N–H and O–H groups in total. The number of ether oxygens (including phenoxy) is 2. The van der Waals surface area contributed by atoms with E-state index in [9.17, 15) is 18.0 Å². The first-order valence-corrected chi connectivity index (χ1v) is 8.35. The number of anilines is 1. The molecule has 2 rings (SSSR count). The van der Waals surface area contributed by atoms with Crippen LogP contribution in [0.3, 0.4) is 0 Å². The van der Waals surface area contributed by atoms with Crippen molar-refractivity contribution in [3.05, 3.63) is 40.4 Å². The number of thiazole rings is 1. The van der Waals surface area contributed by atoms with Crippen molar-refractivity contribution in [1.29, 1.82) is 0 Å². The standard InChI is InChI=1S/C16H16F3N3O3S/c1-3-25-14(23)7-12-9-26-15(21-12)22-20-8-10-6-11(16(17,18)19)4-5-13(10)24-2/h4-6,8-9H,3,7H2,1-2H3,(H,21,22). The fourth-order valence-electron chi connectivity index (χ4n) is 1.97. The number of hydrogen-bond acceptors (Lipinski definition) is 7. The van der Waals surface area contributed by atoms with Crippen molar-refractivity contribution >= 4 is 28.7 Å². The van der Waals surface area contributed by atoms with E-state index in [2.05, 4.69) is 15.5 Å². The first-order valence-electron chi connectivity index (χ1n) is 7.47. The molecular formula is C16H16F3N3O3S. The number of hydrazone groups is 1. The van der Waals surface area contributed by atoms with Crippen LogP contribution in [-0.4, -0.2) is 30.9 Å². The SMILES string of the molecule is CCOC(=O)Cc1csc(NN=Cc2cc(C(F)(F)F)ccc2OC)n1. The summed E-state index contributed by atoms with van der Waals surface area (Å²) in [6, 6.07) is 3.11. The molecule has 0 aliphatic carbocycles. The van der Waals surface area contributed by atoms with Gasteiger partial charge in [0.15, 0.2) is 0 Å². The third-order valence-electron chi connectivity index (χ3n) is 3.10. The van der Waals surface area contributed by atoms with Gasteiger partial charge in [-0.25, -0.2) is 4.98 Å². The zero-order valence-electron chi connectivity index (χ0n) is 14.0. The molecule has 0 spiro atoms. The van der Waals surface area contributed by atoms with Crippen LogP contribution >= 0.6 is 11.3 Å². The molecule has 0 fully saturated rings. The Morgan fingerprint density at radius 2 is 2.19 bits per heavy atom. The van der Waals surface area contributed by atoms with Gasteiger partial charge in [0.1, 0.15) is 5.75 Å². The van der Waals surface area contributed by atoms with Crippen LogP contribution in [0.5, 0.6) is 5.75 Å². The summed E-state index contributed by atoms with van der Waals surface area (Å²) < 4.78 is 48.3. The zero-order chi connectivity index (χ0) is 19.2. The number of carbonyl (C=O) groups excluding carboxylic acids is 1. The maximum absolute atomic E-state index is 12.8. The predicted molar refractivity (Wildman–Crippen MR) is 91.7 cm³/mol. The predicted octanol–water partition coefficient (Wildman–Crippen LogP) is 3.72. The lowest BCUT2D eigenvalue weighted by Crippen LogP contribution is -2.07. The van der Waals surface area contributed by atoms with E-state index in [1.807, 2.05) is 0 Å². The Kier molecular flexibility index (Phi) is 6.56. The quantitative estimate of drug-likeness (QED) is 0.445. The Morgan fingerprint density at radius 3 is 2.85 bits per heavy atom. The van der Waals surface area contributed by atoms with Crippen molar-refractivity contribution in [1.82, 2.24) is 4.98 Å². The van der Waals surface area contributed by atoms with E-state index in [1.54, 1.807) is 12.3 Å². The molecule has 1 aromatic carbocycles. The van der Waals surface area contributed by atoms with Crippen LogP contribution < -0.4 is 10.2 Å². The van der Waals surface area contributed by atoms with Gasteiger partial charge in [-0.2, -0.15) is 18.3 Å². The largest absolute Gasteiger partial charge is 0.496 e. The number of nitrogens with one attached hydrogen (secondary N) is 1. The number of aromatic nitrogens is 1. The van der Waals surface area contributed by atoms with Gasteiger partial charge in [-0.05, 0) is 25.1 Å². The second kappa shape index (κ2) is 8.65. The second-order valence-corrected chi connectivity index (χ2v) is 5.81. The molecule has 1 heterocycles. The smallest absolute Gasteiger partial charge is 0.416 e. The highest BCUT2D eigenvalue weighted by molar-refractivity contribution is 7.13. The molecule has 26 heavy (non-hydrogen) atoms. The molecule has 1 aromatic heterocycles. The van der Waals surface area contributed by atoms with E-state index < -0.39 is 11.7 Å². The summed E-state index contributed by atoms with van der Waals surface area (Å²) in [5, 5.41) is 5.94. The van der Waals surface area contributed by atoms with Crippen LogP contribution in [0.2, 0.25) is 0 Å². The molecule has 0 unspecified atom stereocenters. The van der Waals surface area contributed by atoms with E-state index in [4.69, 9.17) is 9.47 Å². The Bertz CT molecular complexity index is 791. The molecule has 0 saturated heterocycles. The minimum Gasteiger partial charge on any atom is -0.496 e. The highest BCUT2D eigenvalue weighted by Crippen LogP contribution is 2.32. The highest BCUT2D eigenvalue weighted by Gasteiger charge is 2.30. The van der Waals surface area contributed by atoms with Crippen molar-refractivity contribution in [2.75, 3.05) is 19.1 Å². The van der Waals surface area contributed by atoms with Crippen molar-refractivity contribution < 1.29 is 27.4 Å². The van der Waals surface area contributed by atoms with Gasteiger partial charge >= 0.3 is 12.1 Å². The number of hydrogen-bond donors (Lipinski definition) is 1. The molecule has 140 valence electrons. The molecule has 0 amide bonds. The maximum atomic E-state index is 12.8. The summed E-state index contributed by atoms with van der Waals surface area (Å²) >= 11 is 1.21. The van der Waals surface area contributed by atoms with Crippen LogP contribution in [-0.2, 0) is 22.1 Å². The van der Waals surface area contributed by atoms with E-state index in [1.165, 1.54) is 30.7 Å². The first-order chi connectivity index (χ1) is 12.3. The van der Waals surface area contributed by atoms with Crippen LogP contribution in [0.1, 0.15) is 23.7 Å². The van der Waals surface area contributed by atoms with Gasteiger partial charge < -0.3 is 9.47 Å². The molecule has 0 radical (unpaired) electrons. The van der Waals surface area contributed by atoms with Crippen molar-refractivity contribution in [2.45, 2.75) is 19.5 Å². The lowest BCUT2D eigenvalue weighted by Gasteiger charge is -2.10. The van der Waals surface area contributed by atoms with Gasteiger partial charge in [0.25, 0.3) is 0 Å². The summed E-state index contributed by atoms with van der Waals surface area (Å²) in [5.74, 6) is -0.132. The van der Waals surface area contributed by atoms with Crippen LogP contribution in [0.15, 0.2) is 28.7 Å². The third kappa shape index (κ3) is 5.45. The minimum atomic E-state index is -4.46. The van der Waals surface area contributed by atoms with Gasteiger partial charge in [0.2, 0.25) is 5.13 Å². The van der Waals surface area contributed by atoms with E-state index in [0.717, 1.165) is 12.1 Å². The number of halogens is 3. The highest BCUT2D eigenvalue weighted by atomic mass is 32.1. The number of methoxy groups -OCH3 is 1. The second-order valence-electron chi connectivity index (χ2n) is 4.95. The number of alkyl halides is 3.